The van der Waals surface area contributed by atoms with Crippen molar-refractivity contribution in [3.63, 3.8) is 0 Å². The summed E-state index contributed by atoms with van der Waals surface area (Å²) in [6.07, 6.45) is 9.30. The molecular formula is C16H23NO2. The van der Waals surface area contributed by atoms with Crippen LogP contribution in [0.4, 0.5) is 0 Å². The molecule has 3 heteroatoms. The number of hydrogen-bond donors (Lipinski definition) is 0. The van der Waals surface area contributed by atoms with Gasteiger partial charge in [0.05, 0.1) is 19.2 Å². The van der Waals surface area contributed by atoms with Gasteiger partial charge in [0.1, 0.15) is 0 Å². The predicted molar refractivity (Wildman–Crippen MR) is 75.6 cm³/mol. The zero-order valence-electron chi connectivity index (χ0n) is 11.8. The van der Waals surface area contributed by atoms with E-state index >= 15 is 0 Å². The largest absolute Gasteiger partial charge is 0.465 e. The third kappa shape index (κ3) is 4.40. The summed E-state index contributed by atoms with van der Waals surface area (Å²) in [5.74, 6) is 6.53. The van der Waals surface area contributed by atoms with Crippen LogP contribution in [0.1, 0.15) is 45.4 Å². The SMILES string of the molecule is CCOC(=O)CN1CCCC1C#CC1=CCCCC1. The second-order valence-electron chi connectivity index (χ2n) is 5.18. The lowest BCUT2D eigenvalue weighted by Gasteiger charge is -2.18. The summed E-state index contributed by atoms with van der Waals surface area (Å²) in [7, 11) is 0. The Balaban J connectivity index is 1.89. The van der Waals surface area contributed by atoms with Gasteiger partial charge >= 0.3 is 5.97 Å². The van der Waals surface area contributed by atoms with E-state index in [0.29, 0.717) is 13.2 Å². The van der Waals surface area contributed by atoms with Gasteiger partial charge in [0.15, 0.2) is 0 Å². The predicted octanol–water partition coefficient (Wildman–Crippen LogP) is 2.52. The summed E-state index contributed by atoms with van der Waals surface area (Å²) in [6, 6.07) is 0.229. The minimum absolute atomic E-state index is 0.131. The number of hydrogen-bond acceptors (Lipinski definition) is 3. The Hall–Kier alpha value is -1.27. The van der Waals surface area contributed by atoms with Gasteiger partial charge in [-0.15, -0.1) is 0 Å². The fourth-order valence-corrected chi connectivity index (χ4v) is 2.68. The number of ether oxygens (including phenoxy) is 1. The summed E-state index contributed by atoms with van der Waals surface area (Å²) in [4.78, 5) is 13.7. The second-order valence-corrected chi connectivity index (χ2v) is 5.18. The van der Waals surface area contributed by atoms with Gasteiger partial charge < -0.3 is 4.74 Å². The molecule has 1 heterocycles. The van der Waals surface area contributed by atoms with Crippen LogP contribution in [0.5, 0.6) is 0 Å². The van der Waals surface area contributed by atoms with Gasteiger partial charge in [0.25, 0.3) is 0 Å². The fourth-order valence-electron chi connectivity index (χ4n) is 2.68. The number of rotatable bonds is 3. The van der Waals surface area contributed by atoms with Crippen LogP contribution in [-0.2, 0) is 9.53 Å². The van der Waals surface area contributed by atoms with E-state index in [2.05, 4.69) is 22.8 Å². The highest BCUT2D eigenvalue weighted by atomic mass is 16.5. The van der Waals surface area contributed by atoms with Gasteiger partial charge in [-0.2, -0.15) is 0 Å². The van der Waals surface area contributed by atoms with E-state index in [0.717, 1.165) is 25.8 Å². The Kier molecular flexibility index (Phi) is 5.47. The first-order valence-corrected chi connectivity index (χ1v) is 7.40. The molecule has 0 bridgehead atoms. The zero-order chi connectivity index (χ0) is 13.5. The molecular weight excluding hydrogens is 238 g/mol. The van der Waals surface area contributed by atoms with Crippen molar-refractivity contribution < 1.29 is 9.53 Å². The van der Waals surface area contributed by atoms with Crippen molar-refractivity contribution in [2.75, 3.05) is 19.7 Å². The average molecular weight is 261 g/mol. The van der Waals surface area contributed by atoms with Crippen molar-refractivity contribution in [3.8, 4) is 11.8 Å². The summed E-state index contributed by atoms with van der Waals surface area (Å²) in [5.41, 5.74) is 1.29. The number of esters is 1. The molecule has 0 aromatic carbocycles. The molecule has 0 saturated carbocycles. The molecule has 1 saturated heterocycles. The summed E-state index contributed by atoms with van der Waals surface area (Å²) < 4.78 is 5.01. The van der Waals surface area contributed by atoms with Crippen LogP contribution in [0.15, 0.2) is 11.6 Å². The van der Waals surface area contributed by atoms with Crippen molar-refractivity contribution in [1.29, 1.82) is 0 Å². The van der Waals surface area contributed by atoms with E-state index in [4.69, 9.17) is 4.74 Å². The standard InChI is InChI=1S/C16H23NO2/c1-2-19-16(18)13-17-12-6-9-15(17)11-10-14-7-4-3-5-8-14/h7,15H,2-6,8-9,12-13H2,1H3. The molecule has 3 nitrogen and oxygen atoms in total. The van der Waals surface area contributed by atoms with Crippen LogP contribution >= 0.6 is 0 Å². The highest BCUT2D eigenvalue weighted by Gasteiger charge is 2.25. The molecule has 2 rings (SSSR count). The Morgan fingerprint density at radius 3 is 3.11 bits per heavy atom. The van der Waals surface area contributed by atoms with Crippen molar-refractivity contribution in [2.24, 2.45) is 0 Å². The third-order valence-electron chi connectivity index (χ3n) is 3.69. The number of likely N-dealkylation sites (tertiary alicyclic amines) is 1. The maximum absolute atomic E-state index is 11.5. The van der Waals surface area contributed by atoms with E-state index in [1.54, 1.807) is 0 Å². The zero-order valence-corrected chi connectivity index (χ0v) is 11.8. The quantitative estimate of drug-likeness (QED) is 0.577. The number of carbonyl (C=O) groups excluding carboxylic acids is 1. The van der Waals surface area contributed by atoms with Gasteiger partial charge in [0.2, 0.25) is 0 Å². The van der Waals surface area contributed by atoms with E-state index in [9.17, 15) is 4.79 Å². The topological polar surface area (TPSA) is 29.5 Å². The number of carbonyl (C=O) groups is 1. The first kappa shape index (κ1) is 14.1. The molecule has 1 aliphatic carbocycles. The van der Waals surface area contributed by atoms with Gasteiger partial charge in [-0.3, -0.25) is 9.69 Å². The molecule has 0 spiro atoms. The van der Waals surface area contributed by atoms with Gasteiger partial charge in [0, 0.05) is 6.54 Å². The number of nitrogens with zero attached hydrogens (tertiary/aromatic N) is 1. The first-order valence-electron chi connectivity index (χ1n) is 7.40. The summed E-state index contributed by atoms with van der Waals surface area (Å²) >= 11 is 0. The van der Waals surface area contributed by atoms with Gasteiger partial charge in [-0.25, -0.2) is 0 Å². The molecule has 0 aromatic heterocycles. The highest BCUT2D eigenvalue weighted by molar-refractivity contribution is 5.71. The van der Waals surface area contributed by atoms with Gasteiger partial charge in [-0.1, -0.05) is 17.9 Å². The lowest BCUT2D eigenvalue weighted by Crippen LogP contribution is -2.34. The van der Waals surface area contributed by atoms with Crippen LogP contribution in [-0.4, -0.2) is 36.6 Å². The van der Waals surface area contributed by atoms with E-state index in [-0.39, 0.29) is 12.0 Å². The first-order chi connectivity index (χ1) is 9.29. The summed E-state index contributed by atoms with van der Waals surface area (Å²) in [5, 5.41) is 0. The molecule has 0 N–H and O–H groups in total. The Labute approximate surface area is 116 Å². The Bertz CT molecular complexity index is 403. The molecule has 19 heavy (non-hydrogen) atoms. The number of allylic oxidation sites excluding steroid dienone is 2. The van der Waals surface area contributed by atoms with E-state index in [1.165, 1.54) is 24.8 Å². The third-order valence-corrected chi connectivity index (χ3v) is 3.69. The van der Waals surface area contributed by atoms with Crippen LogP contribution in [0, 0.1) is 11.8 Å². The average Bonchev–Trinajstić information content (AvgIpc) is 2.85. The van der Waals surface area contributed by atoms with E-state index in [1.807, 2.05) is 6.92 Å². The Morgan fingerprint density at radius 2 is 2.37 bits per heavy atom. The highest BCUT2D eigenvalue weighted by Crippen LogP contribution is 2.19. The molecule has 0 radical (unpaired) electrons. The van der Waals surface area contributed by atoms with Crippen LogP contribution < -0.4 is 0 Å². The minimum Gasteiger partial charge on any atom is -0.465 e. The smallest absolute Gasteiger partial charge is 0.320 e. The molecule has 1 atom stereocenters. The van der Waals surface area contributed by atoms with Crippen molar-refractivity contribution in [2.45, 2.75) is 51.5 Å². The van der Waals surface area contributed by atoms with Crippen LogP contribution in [0.25, 0.3) is 0 Å². The normalized spacial score (nSPS) is 23.4. The van der Waals surface area contributed by atoms with Gasteiger partial charge in [-0.05, 0) is 51.0 Å². The summed E-state index contributed by atoms with van der Waals surface area (Å²) in [6.45, 7) is 3.63. The second kappa shape index (κ2) is 7.35. The lowest BCUT2D eigenvalue weighted by atomic mass is 10.00. The maximum atomic E-state index is 11.5. The molecule has 1 unspecified atom stereocenters. The molecule has 104 valence electrons. The molecule has 0 amide bonds. The molecule has 1 fully saturated rings. The molecule has 2 aliphatic rings. The minimum atomic E-state index is -0.131. The van der Waals surface area contributed by atoms with Crippen molar-refractivity contribution in [3.05, 3.63) is 11.6 Å². The Morgan fingerprint density at radius 1 is 1.47 bits per heavy atom. The molecule has 1 aliphatic heterocycles. The van der Waals surface area contributed by atoms with Crippen LogP contribution in [0.3, 0.4) is 0 Å². The van der Waals surface area contributed by atoms with Crippen molar-refractivity contribution >= 4 is 5.97 Å². The van der Waals surface area contributed by atoms with Crippen LogP contribution in [0.2, 0.25) is 0 Å². The monoisotopic (exact) mass is 261 g/mol. The maximum Gasteiger partial charge on any atom is 0.320 e. The van der Waals surface area contributed by atoms with E-state index < -0.39 is 0 Å². The molecule has 0 aromatic rings. The van der Waals surface area contributed by atoms with Crippen molar-refractivity contribution in [1.82, 2.24) is 4.90 Å². The lowest BCUT2D eigenvalue weighted by molar-refractivity contribution is -0.144. The fraction of sp³-hybridized carbons (Fsp3) is 0.688.